The predicted molar refractivity (Wildman–Crippen MR) is 112 cm³/mol. The topological polar surface area (TPSA) is 70.8 Å². The summed E-state index contributed by atoms with van der Waals surface area (Å²) in [5, 5.41) is 11.4. The van der Waals surface area contributed by atoms with Crippen LogP contribution in [0, 0.1) is 0 Å². The van der Waals surface area contributed by atoms with E-state index in [0.29, 0.717) is 21.9 Å². The summed E-state index contributed by atoms with van der Waals surface area (Å²) in [6.07, 6.45) is 1.51. The van der Waals surface area contributed by atoms with Gasteiger partial charge in [-0.3, -0.25) is 9.59 Å². The number of halogens is 2. The first-order valence-electron chi connectivity index (χ1n) is 8.78. The standard InChI is InChI=1S/C22H15BrClNO4/c23-15-4-1-3-14(11-15)19-18(20(26)13-6-8-16(24)9-7-13)21(27)22(28)25(19)12-17-5-2-10-29-17/h1-11,19,26H,12H2. The minimum Gasteiger partial charge on any atom is -0.507 e. The van der Waals surface area contributed by atoms with Crippen LogP contribution in [0.5, 0.6) is 0 Å². The molecule has 146 valence electrons. The van der Waals surface area contributed by atoms with Crippen LogP contribution in [0.25, 0.3) is 5.76 Å². The number of ketones is 1. The Hall–Kier alpha value is -2.83. The molecule has 1 atom stereocenters. The van der Waals surface area contributed by atoms with Gasteiger partial charge in [-0.25, -0.2) is 0 Å². The number of rotatable bonds is 4. The van der Waals surface area contributed by atoms with Gasteiger partial charge < -0.3 is 14.4 Å². The van der Waals surface area contributed by atoms with E-state index in [4.69, 9.17) is 16.0 Å². The molecule has 0 bridgehead atoms. The van der Waals surface area contributed by atoms with Crippen LogP contribution in [0.4, 0.5) is 0 Å². The number of furan rings is 1. The maximum absolute atomic E-state index is 12.9. The first-order chi connectivity index (χ1) is 14.0. The molecule has 1 N–H and O–H groups in total. The van der Waals surface area contributed by atoms with Crippen LogP contribution in [0.1, 0.15) is 22.9 Å². The van der Waals surface area contributed by atoms with Crippen molar-refractivity contribution in [3.8, 4) is 0 Å². The van der Waals surface area contributed by atoms with Crippen molar-refractivity contribution in [2.45, 2.75) is 12.6 Å². The number of aliphatic hydroxyl groups excluding tert-OH is 1. The van der Waals surface area contributed by atoms with Gasteiger partial charge in [0, 0.05) is 15.1 Å². The maximum Gasteiger partial charge on any atom is 0.296 e. The van der Waals surface area contributed by atoms with Crippen LogP contribution in [0.3, 0.4) is 0 Å². The molecule has 2 heterocycles. The Morgan fingerprint density at radius 2 is 1.86 bits per heavy atom. The highest BCUT2D eigenvalue weighted by molar-refractivity contribution is 9.10. The van der Waals surface area contributed by atoms with E-state index in [1.165, 1.54) is 11.2 Å². The van der Waals surface area contributed by atoms with E-state index in [1.807, 2.05) is 24.3 Å². The lowest BCUT2D eigenvalue weighted by Crippen LogP contribution is -2.29. The van der Waals surface area contributed by atoms with Gasteiger partial charge in [0.2, 0.25) is 0 Å². The summed E-state index contributed by atoms with van der Waals surface area (Å²) in [7, 11) is 0. The Morgan fingerprint density at radius 3 is 2.52 bits per heavy atom. The number of likely N-dealkylation sites (tertiary alicyclic amines) is 1. The van der Waals surface area contributed by atoms with Crippen molar-refractivity contribution >= 4 is 45.0 Å². The first kappa shape index (κ1) is 19.5. The number of carbonyl (C=O) groups excluding carboxylic acids is 2. The maximum atomic E-state index is 12.9. The summed E-state index contributed by atoms with van der Waals surface area (Å²) in [6.45, 7) is 0.103. The fourth-order valence-corrected chi connectivity index (χ4v) is 3.94. The number of nitrogens with zero attached hydrogens (tertiary/aromatic N) is 1. The van der Waals surface area contributed by atoms with Gasteiger partial charge in [-0.15, -0.1) is 0 Å². The Labute approximate surface area is 180 Å². The van der Waals surface area contributed by atoms with E-state index in [9.17, 15) is 14.7 Å². The lowest BCUT2D eigenvalue weighted by molar-refractivity contribution is -0.140. The van der Waals surface area contributed by atoms with Crippen LogP contribution in [0.2, 0.25) is 5.02 Å². The SMILES string of the molecule is O=C1C(=O)N(Cc2ccco2)C(c2cccc(Br)c2)C1=C(O)c1ccc(Cl)cc1. The molecule has 0 saturated carbocycles. The van der Waals surface area contributed by atoms with Crippen LogP contribution in [-0.4, -0.2) is 21.7 Å². The molecule has 2 aromatic carbocycles. The first-order valence-corrected chi connectivity index (χ1v) is 9.95. The van der Waals surface area contributed by atoms with Gasteiger partial charge in [-0.1, -0.05) is 39.7 Å². The molecule has 7 heteroatoms. The van der Waals surface area contributed by atoms with Gasteiger partial charge in [0.1, 0.15) is 11.5 Å². The lowest BCUT2D eigenvalue weighted by atomic mass is 9.95. The molecule has 0 spiro atoms. The number of hydrogen-bond donors (Lipinski definition) is 1. The lowest BCUT2D eigenvalue weighted by Gasteiger charge is -2.24. The monoisotopic (exact) mass is 471 g/mol. The Balaban J connectivity index is 1.87. The van der Waals surface area contributed by atoms with Crippen LogP contribution in [-0.2, 0) is 16.1 Å². The van der Waals surface area contributed by atoms with Crippen molar-refractivity contribution in [1.82, 2.24) is 4.90 Å². The second kappa shape index (κ2) is 7.89. The summed E-state index contributed by atoms with van der Waals surface area (Å²) >= 11 is 9.36. The van der Waals surface area contributed by atoms with Crippen LogP contribution < -0.4 is 0 Å². The highest BCUT2D eigenvalue weighted by Crippen LogP contribution is 2.41. The molecule has 1 aliphatic heterocycles. The van der Waals surface area contributed by atoms with E-state index in [0.717, 1.165) is 4.47 Å². The van der Waals surface area contributed by atoms with Gasteiger partial charge in [0.15, 0.2) is 0 Å². The average molecular weight is 473 g/mol. The zero-order chi connectivity index (χ0) is 20.5. The van der Waals surface area contributed by atoms with E-state index in [1.54, 1.807) is 36.4 Å². The molecular weight excluding hydrogens is 458 g/mol. The molecule has 3 aromatic rings. The number of Topliss-reactive ketones (excluding diaryl/α,β-unsaturated/α-hetero) is 1. The van der Waals surface area contributed by atoms with Crippen LogP contribution >= 0.6 is 27.5 Å². The Morgan fingerprint density at radius 1 is 1.10 bits per heavy atom. The second-order valence-corrected chi connectivity index (χ2v) is 7.92. The third kappa shape index (κ3) is 3.73. The number of hydrogen-bond acceptors (Lipinski definition) is 4. The van der Waals surface area contributed by atoms with Crippen molar-refractivity contribution in [3.63, 3.8) is 0 Å². The summed E-state index contributed by atoms with van der Waals surface area (Å²) < 4.78 is 6.17. The van der Waals surface area contributed by atoms with Gasteiger partial charge in [0.05, 0.1) is 24.4 Å². The Kier molecular flexibility index (Phi) is 5.30. The third-order valence-electron chi connectivity index (χ3n) is 4.73. The smallest absolute Gasteiger partial charge is 0.296 e. The van der Waals surface area contributed by atoms with E-state index < -0.39 is 17.7 Å². The minimum atomic E-state index is -0.756. The molecular formula is C22H15BrClNO4. The number of carbonyl (C=O) groups is 2. The predicted octanol–water partition coefficient (Wildman–Crippen LogP) is 5.32. The summed E-state index contributed by atoms with van der Waals surface area (Å²) in [6, 6.07) is 16.4. The molecule has 1 aromatic heterocycles. The van der Waals surface area contributed by atoms with E-state index in [-0.39, 0.29) is 17.9 Å². The molecule has 1 fully saturated rings. The van der Waals surface area contributed by atoms with Crippen LogP contribution in [0.15, 0.2) is 81.4 Å². The molecule has 5 nitrogen and oxygen atoms in total. The van der Waals surface area contributed by atoms with E-state index in [2.05, 4.69) is 15.9 Å². The number of amides is 1. The normalized spacial score (nSPS) is 18.4. The summed E-state index contributed by atoms with van der Waals surface area (Å²) in [5.41, 5.74) is 1.13. The molecule has 1 amide bonds. The zero-order valence-electron chi connectivity index (χ0n) is 15.0. The fourth-order valence-electron chi connectivity index (χ4n) is 3.40. The van der Waals surface area contributed by atoms with Gasteiger partial charge in [-0.05, 0) is 54.1 Å². The van der Waals surface area contributed by atoms with Gasteiger partial charge in [-0.2, -0.15) is 0 Å². The minimum absolute atomic E-state index is 0.0296. The van der Waals surface area contributed by atoms with Gasteiger partial charge in [0.25, 0.3) is 11.7 Å². The van der Waals surface area contributed by atoms with Crippen molar-refractivity contribution in [2.24, 2.45) is 0 Å². The zero-order valence-corrected chi connectivity index (χ0v) is 17.4. The van der Waals surface area contributed by atoms with E-state index >= 15 is 0 Å². The third-order valence-corrected chi connectivity index (χ3v) is 5.47. The van der Waals surface area contributed by atoms with Crippen molar-refractivity contribution < 1.29 is 19.1 Å². The number of aliphatic hydroxyl groups is 1. The number of benzene rings is 2. The Bertz CT molecular complexity index is 1110. The molecule has 0 aliphatic carbocycles. The molecule has 29 heavy (non-hydrogen) atoms. The van der Waals surface area contributed by atoms with Crippen molar-refractivity contribution in [3.05, 3.63) is 98.9 Å². The highest BCUT2D eigenvalue weighted by Gasteiger charge is 2.46. The molecule has 1 aliphatic rings. The molecule has 1 saturated heterocycles. The molecule has 4 rings (SSSR count). The summed E-state index contributed by atoms with van der Waals surface area (Å²) in [4.78, 5) is 27.2. The molecule has 1 unspecified atom stereocenters. The fraction of sp³-hybridized carbons (Fsp3) is 0.0909. The largest absolute Gasteiger partial charge is 0.507 e. The summed E-state index contributed by atoms with van der Waals surface area (Å²) in [5.74, 6) is -1.14. The van der Waals surface area contributed by atoms with Crippen molar-refractivity contribution in [2.75, 3.05) is 0 Å². The molecule has 0 radical (unpaired) electrons. The quantitative estimate of drug-likeness (QED) is 0.317. The van der Waals surface area contributed by atoms with Gasteiger partial charge >= 0.3 is 0 Å². The van der Waals surface area contributed by atoms with Crippen molar-refractivity contribution in [1.29, 1.82) is 0 Å². The average Bonchev–Trinajstić information content (AvgIpc) is 3.30. The second-order valence-electron chi connectivity index (χ2n) is 6.57. The highest BCUT2D eigenvalue weighted by atomic mass is 79.9.